The smallest absolute Gasteiger partial charge is 0.221 e. The first-order valence-corrected chi connectivity index (χ1v) is 8.01. The van der Waals surface area contributed by atoms with Gasteiger partial charge in [-0.1, -0.05) is 12.8 Å². The maximum atomic E-state index is 11.7. The van der Waals surface area contributed by atoms with Crippen molar-refractivity contribution in [1.82, 2.24) is 15.2 Å². The van der Waals surface area contributed by atoms with Crippen LogP contribution < -0.4 is 5.32 Å². The van der Waals surface area contributed by atoms with Crippen LogP contribution in [0.3, 0.4) is 0 Å². The van der Waals surface area contributed by atoms with Gasteiger partial charge in [0.15, 0.2) is 0 Å². The molecule has 1 saturated heterocycles. The summed E-state index contributed by atoms with van der Waals surface area (Å²) in [6.07, 6.45) is 5.42. The minimum atomic E-state index is 0.188. The molecule has 0 aromatic carbocycles. The minimum Gasteiger partial charge on any atom is -0.356 e. The number of hydrogen-bond acceptors (Lipinski definition) is 4. The highest BCUT2D eigenvalue weighted by Crippen LogP contribution is 2.16. The van der Waals surface area contributed by atoms with Crippen molar-refractivity contribution in [2.75, 3.05) is 19.6 Å². The second-order valence-corrected chi connectivity index (χ2v) is 6.09. The Labute approximate surface area is 119 Å². The van der Waals surface area contributed by atoms with Gasteiger partial charge in [0.2, 0.25) is 5.91 Å². The van der Waals surface area contributed by atoms with E-state index in [1.807, 2.05) is 5.51 Å². The molecular weight excluding hydrogens is 258 g/mol. The van der Waals surface area contributed by atoms with Crippen LogP contribution in [0.4, 0.5) is 0 Å². The second-order valence-electron chi connectivity index (χ2n) is 5.15. The summed E-state index contributed by atoms with van der Waals surface area (Å²) < 4.78 is 0. The molecule has 0 radical (unpaired) electrons. The molecule has 0 unspecified atom stereocenters. The predicted octanol–water partition coefficient (Wildman–Crippen LogP) is 2.33. The number of carbonyl (C=O) groups excluding carboxylic acids is 1. The highest BCUT2D eigenvalue weighted by molar-refractivity contribution is 7.09. The summed E-state index contributed by atoms with van der Waals surface area (Å²) in [4.78, 5) is 19.7. The van der Waals surface area contributed by atoms with Gasteiger partial charge < -0.3 is 5.32 Å². The van der Waals surface area contributed by atoms with E-state index in [0.717, 1.165) is 38.3 Å². The Kier molecular flexibility index (Phi) is 5.79. The Morgan fingerprint density at radius 3 is 2.95 bits per heavy atom. The number of aromatic nitrogens is 1. The minimum absolute atomic E-state index is 0.188. The largest absolute Gasteiger partial charge is 0.356 e. The zero-order valence-corrected chi connectivity index (χ0v) is 12.5. The highest BCUT2D eigenvalue weighted by Gasteiger charge is 2.12. The van der Waals surface area contributed by atoms with Crippen LogP contribution in [0.25, 0.3) is 0 Å². The normalized spacial score (nSPS) is 19.7. The number of thiazole rings is 1. The van der Waals surface area contributed by atoms with Crippen molar-refractivity contribution >= 4 is 17.2 Å². The summed E-state index contributed by atoms with van der Waals surface area (Å²) in [5.74, 6) is 0.188. The predicted molar refractivity (Wildman–Crippen MR) is 78.2 cm³/mol. The van der Waals surface area contributed by atoms with Crippen LogP contribution in [-0.2, 0) is 11.3 Å². The van der Waals surface area contributed by atoms with Crippen LogP contribution in [0, 0.1) is 6.92 Å². The molecule has 5 heteroatoms. The van der Waals surface area contributed by atoms with Crippen LogP contribution in [0.2, 0.25) is 0 Å². The maximum absolute atomic E-state index is 11.7. The second kappa shape index (κ2) is 7.60. The van der Waals surface area contributed by atoms with Gasteiger partial charge in [0.25, 0.3) is 0 Å². The molecule has 1 fully saturated rings. The molecule has 106 valence electrons. The molecule has 1 amide bonds. The van der Waals surface area contributed by atoms with Crippen LogP contribution in [-0.4, -0.2) is 35.4 Å². The van der Waals surface area contributed by atoms with Crippen molar-refractivity contribution in [2.24, 2.45) is 0 Å². The van der Waals surface area contributed by atoms with Crippen LogP contribution >= 0.6 is 11.3 Å². The number of rotatable bonds is 2. The molecule has 2 rings (SSSR count). The lowest BCUT2D eigenvalue weighted by Gasteiger charge is -2.21. The Morgan fingerprint density at radius 1 is 1.32 bits per heavy atom. The zero-order valence-electron chi connectivity index (χ0n) is 11.7. The van der Waals surface area contributed by atoms with Crippen molar-refractivity contribution in [3.05, 3.63) is 16.1 Å². The summed E-state index contributed by atoms with van der Waals surface area (Å²) in [5, 5.41) is 3.00. The van der Waals surface area contributed by atoms with Gasteiger partial charge in [-0.05, 0) is 26.3 Å². The number of nitrogens with zero attached hydrogens (tertiary/aromatic N) is 2. The van der Waals surface area contributed by atoms with Gasteiger partial charge >= 0.3 is 0 Å². The highest BCUT2D eigenvalue weighted by atomic mass is 32.1. The van der Waals surface area contributed by atoms with Gasteiger partial charge in [-0.2, -0.15) is 0 Å². The fourth-order valence-corrected chi connectivity index (χ4v) is 3.16. The molecule has 0 bridgehead atoms. The first-order valence-electron chi connectivity index (χ1n) is 7.14. The van der Waals surface area contributed by atoms with Gasteiger partial charge in [0.1, 0.15) is 0 Å². The van der Waals surface area contributed by atoms with Crippen LogP contribution in [0.5, 0.6) is 0 Å². The summed E-state index contributed by atoms with van der Waals surface area (Å²) in [6, 6.07) is 0. The molecule has 2 heterocycles. The van der Waals surface area contributed by atoms with E-state index in [-0.39, 0.29) is 5.91 Å². The quantitative estimate of drug-likeness (QED) is 0.905. The van der Waals surface area contributed by atoms with Gasteiger partial charge in [-0.15, -0.1) is 11.3 Å². The molecule has 1 N–H and O–H groups in total. The fourth-order valence-electron chi connectivity index (χ4n) is 2.34. The average molecular weight is 281 g/mol. The summed E-state index contributed by atoms with van der Waals surface area (Å²) in [6.45, 7) is 5.77. The summed E-state index contributed by atoms with van der Waals surface area (Å²) >= 11 is 1.72. The SMILES string of the molecule is Cc1ncsc1CN1CCCCCCNC(=O)CC1. The van der Waals surface area contributed by atoms with E-state index in [9.17, 15) is 4.79 Å². The van der Waals surface area contributed by atoms with E-state index in [1.165, 1.54) is 24.1 Å². The summed E-state index contributed by atoms with van der Waals surface area (Å²) in [7, 11) is 0. The number of aryl methyl sites for hydroxylation is 1. The Balaban J connectivity index is 1.91. The van der Waals surface area contributed by atoms with Crippen LogP contribution in [0.1, 0.15) is 42.7 Å². The molecule has 0 saturated carbocycles. The fraction of sp³-hybridized carbons (Fsp3) is 0.714. The van der Waals surface area contributed by atoms with E-state index in [2.05, 4.69) is 22.1 Å². The topological polar surface area (TPSA) is 45.2 Å². The standard InChI is InChI=1S/C14H23N3OS/c1-12-13(19-11-16-12)10-17-8-5-3-2-4-7-15-14(18)6-9-17/h11H,2-10H2,1H3,(H,15,18). The summed E-state index contributed by atoms with van der Waals surface area (Å²) in [5.41, 5.74) is 3.03. The van der Waals surface area contributed by atoms with E-state index >= 15 is 0 Å². The van der Waals surface area contributed by atoms with Crippen molar-refractivity contribution in [1.29, 1.82) is 0 Å². The van der Waals surface area contributed by atoms with E-state index in [4.69, 9.17) is 0 Å². The van der Waals surface area contributed by atoms with Crippen molar-refractivity contribution in [3.8, 4) is 0 Å². The molecule has 19 heavy (non-hydrogen) atoms. The lowest BCUT2D eigenvalue weighted by Crippen LogP contribution is -2.31. The van der Waals surface area contributed by atoms with Gasteiger partial charge in [0.05, 0.1) is 11.2 Å². The van der Waals surface area contributed by atoms with Crippen LogP contribution in [0.15, 0.2) is 5.51 Å². The first kappa shape index (κ1) is 14.5. The molecule has 4 nitrogen and oxygen atoms in total. The first-order chi connectivity index (χ1) is 9.25. The lowest BCUT2D eigenvalue weighted by molar-refractivity contribution is -0.121. The Hall–Kier alpha value is -0.940. The number of nitrogens with one attached hydrogen (secondary N) is 1. The van der Waals surface area contributed by atoms with Gasteiger partial charge in [0, 0.05) is 30.9 Å². The van der Waals surface area contributed by atoms with E-state index in [0.29, 0.717) is 6.42 Å². The number of carbonyl (C=O) groups is 1. The average Bonchev–Trinajstić information content (AvgIpc) is 2.77. The maximum Gasteiger partial charge on any atom is 0.221 e. The van der Waals surface area contributed by atoms with Gasteiger partial charge in [-0.3, -0.25) is 9.69 Å². The van der Waals surface area contributed by atoms with Crippen molar-refractivity contribution in [2.45, 2.75) is 45.6 Å². The number of hydrogen-bond donors (Lipinski definition) is 1. The molecule has 0 spiro atoms. The van der Waals surface area contributed by atoms with E-state index < -0.39 is 0 Å². The molecule has 0 aliphatic carbocycles. The molecule has 0 atom stereocenters. The lowest BCUT2D eigenvalue weighted by atomic mass is 10.2. The number of amides is 1. The van der Waals surface area contributed by atoms with E-state index in [1.54, 1.807) is 11.3 Å². The Morgan fingerprint density at radius 2 is 2.16 bits per heavy atom. The molecule has 1 aliphatic heterocycles. The third-order valence-electron chi connectivity index (χ3n) is 3.59. The van der Waals surface area contributed by atoms with Gasteiger partial charge in [-0.25, -0.2) is 4.98 Å². The Bertz CT molecular complexity index is 405. The molecule has 1 aliphatic rings. The third-order valence-corrected chi connectivity index (χ3v) is 4.51. The molecule has 1 aromatic heterocycles. The zero-order chi connectivity index (χ0) is 13.5. The van der Waals surface area contributed by atoms with Crippen molar-refractivity contribution in [3.63, 3.8) is 0 Å². The molecular formula is C14H23N3OS. The van der Waals surface area contributed by atoms with Crippen molar-refractivity contribution < 1.29 is 4.79 Å². The molecule has 1 aromatic rings. The monoisotopic (exact) mass is 281 g/mol. The third kappa shape index (κ3) is 4.91.